The number of methoxy groups -OCH3 is 1. The van der Waals surface area contributed by atoms with Gasteiger partial charge in [-0.2, -0.15) is 0 Å². The van der Waals surface area contributed by atoms with Crippen molar-refractivity contribution in [1.29, 1.82) is 0 Å². The first kappa shape index (κ1) is 16.8. The van der Waals surface area contributed by atoms with Crippen molar-refractivity contribution < 1.29 is 4.74 Å². The van der Waals surface area contributed by atoms with Crippen LogP contribution in [0, 0.1) is 0 Å². The monoisotopic (exact) mass is 300 g/mol. The molecule has 120 valence electrons. The van der Waals surface area contributed by atoms with Crippen LogP contribution in [-0.4, -0.2) is 30.6 Å². The van der Waals surface area contributed by atoms with E-state index in [1.807, 2.05) is 0 Å². The van der Waals surface area contributed by atoms with Crippen LogP contribution < -0.4 is 10.5 Å². The Balaban J connectivity index is 2.68. The van der Waals surface area contributed by atoms with Gasteiger partial charge in [-0.25, -0.2) is 0 Å². The third-order valence-electron chi connectivity index (χ3n) is 4.29. The van der Waals surface area contributed by atoms with Gasteiger partial charge >= 0.3 is 0 Å². The Labute approximate surface area is 134 Å². The maximum atomic E-state index is 6.20. The lowest BCUT2D eigenvalue weighted by Gasteiger charge is -2.41. The summed E-state index contributed by atoms with van der Waals surface area (Å²) in [7, 11) is 1.73. The van der Waals surface area contributed by atoms with Crippen molar-refractivity contribution in [2.45, 2.75) is 39.3 Å². The number of hydrogen-bond donors (Lipinski definition) is 1. The number of benzene rings is 2. The Morgan fingerprint density at radius 2 is 1.82 bits per heavy atom. The minimum Gasteiger partial charge on any atom is -0.496 e. The summed E-state index contributed by atoms with van der Waals surface area (Å²) in [5.41, 5.74) is 7.43. The lowest BCUT2D eigenvalue weighted by Crippen LogP contribution is -2.46. The lowest BCUT2D eigenvalue weighted by atomic mass is 9.93. The molecule has 0 radical (unpaired) electrons. The van der Waals surface area contributed by atoms with Gasteiger partial charge in [0.25, 0.3) is 0 Å². The van der Waals surface area contributed by atoms with E-state index in [4.69, 9.17) is 10.5 Å². The number of nitrogens with zero attached hydrogens (tertiary/aromatic N) is 1. The van der Waals surface area contributed by atoms with Gasteiger partial charge in [-0.05, 0) is 44.2 Å². The second kappa shape index (κ2) is 6.67. The zero-order valence-electron chi connectivity index (χ0n) is 14.4. The number of likely N-dealkylation sites (N-methyl/N-ethyl adjacent to an activating group) is 1. The normalized spacial score (nSPS) is 13.6. The first-order valence-electron chi connectivity index (χ1n) is 7.96. The maximum Gasteiger partial charge on any atom is 0.124 e. The summed E-state index contributed by atoms with van der Waals surface area (Å²) >= 11 is 0. The van der Waals surface area contributed by atoms with Crippen LogP contribution >= 0.6 is 0 Å². The molecular formula is C19H28N2O. The zero-order valence-corrected chi connectivity index (χ0v) is 14.4. The van der Waals surface area contributed by atoms with Crippen molar-refractivity contribution in [3.63, 3.8) is 0 Å². The summed E-state index contributed by atoms with van der Waals surface area (Å²) in [6.07, 6.45) is 0. The van der Waals surface area contributed by atoms with Crippen LogP contribution in [0.5, 0.6) is 5.75 Å². The molecule has 0 saturated heterocycles. The Kier molecular flexibility index (Phi) is 5.09. The van der Waals surface area contributed by atoms with E-state index < -0.39 is 0 Å². The molecule has 0 heterocycles. The van der Waals surface area contributed by atoms with Crippen LogP contribution in [0.1, 0.15) is 39.3 Å². The number of hydrogen-bond acceptors (Lipinski definition) is 3. The van der Waals surface area contributed by atoms with Crippen molar-refractivity contribution in [1.82, 2.24) is 4.90 Å². The van der Waals surface area contributed by atoms with Crippen molar-refractivity contribution in [2.75, 3.05) is 20.2 Å². The van der Waals surface area contributed by atoms with Crippen LogP contribution in [0.4, 0.5) is 0 Å². The van der Waals surface area contributed by atoms with Crippen molar-refractivity contribution in [3.8, 4) is 5.75 Å². The predicted molar refractivity (Wildman–Crippen MR) is 94.4 cm³/mol. The van der Waals surface area contributed by atoms with E-state index in [-0.39, 0.29) is 11.6 Å². The average molecular weight is 300 g/mol. The highest BCUT2D eigenvalue weighted by atomic mass is 16.5. The van der Waals surface area contributed by atoms with Crippen molar-refractivity contribution in [2.24, 2.45) is 5.73 Å². The number of rotatable bonds is 5. The Morgan fingerprint density at radius 1 is 1.14 bits per heavy atom. The summed E-state index contributed by atoms with van der Waals surface area (Å²) in [6.45, 7) is 10.4. The molecule has 2 rings (SSSR count). The third-order valence-corrected chi connectivity index (χ3v) is 4.29. The van der Waals surface area contributed by atoms with E-state index in [1.54, 1.807) is 7.11 Å². The van der Waals surface area contributed by atoms with Crippen molar-refractivity contribution >= 4 is 10.8 Å². The molecule has 1 atom stereocenters. The molecule has 2 N–H and O–H groups in total. The van der Waals surface area contributed by atoms with Crippen LogP contribution in [0.15, 0.2) is 36.4 Å². The number of ether oxygens (including phenoxy) is 1. The SMILES string of the molecule is CCN(C(CN)c1c(OC)ccc2ccccc12)C(C)(C)C. The Hall–Kier alpha value is -1.58. The highest BCUT2D eigenvalue weighted by Crippen LogP contribution is 2.37. The second-order valence-corrected chi connectivity index (χ2v) is 6.61. The molecule has 1 unspecified atom stereocenters. The fourth-order valence-electron chi connectivity index (χ4n) is 3.36. The van der Waals surface area contributed by atoms with Gasteiger partial charge in [-0.1, -0.05) is 37.3 Å². The zero-order chi connectivity index (χ0) is 16.3. The summed E-state index contributed by atoms with van der Waals surface area (Å²) in [4.78, 5) is 2.44. The van der Waals surface area contributed by atoms with Gasteiger partial charge < -0.3 is 10.5 Å². The maximum absolute atomic E-state index is 6.20. The van der Waals surface area contributed by atoms with E-state index in [2.05, 4.69) is 69.0 Å². The summed E-state index contributed by atoms with van der Waals surface area (Å²) in [5.74, 6) is 0.914. The predicted octanol–water partition coefficient (Wildman–Crippen LogP) is 3.97. The van der Waals surface area contributed by atoms with Crippen LogP contribution in [-0.2, 0) is 0 Å². The van der Waals surface area contributed by atoms with Gasteiger partial charge in [0.2, 0.25) is 0 Å². The van der Waals surface area contributed by atoms with Gasteiger partial charge in [-0.3, -0.25) is 4.90 Å². The minimum absolute atomic E-state index is 0.0424. The molecule has 0 aliphatic rings. The summed E-state index contributed by atoms with van der Waals surface area (Å²) in [6, 6.07) is 12.7. The van der Waals surface area contributed by atoms with E-state index in [1.165, 1.54) is 16.3 Å². The Bertz CT molecular complexity index is 631. The molecular weight excluding hydrogens is 272 g/mol. The second-order valence-electron chi connectivity index (χ2n) is 6.61. The van der Waals surface area contributed by atoms with E-state index in [0.29, 0.717) is 6.54 Å². The summed E-state index contributed by atoms with van der Waals surface area (Å²) < 4.78 is 5.66. The molecule has 0 spiro atoms. The fourth-order valence-corrected chi connectivity index (χ4v) is 3.36. The van der Waals surface area contributed by atoms with Crippen molar-refractivity contribution in [3.05, 3.63) is 42.0 Å². The topological polar surface area (TPSA) is 38.5 Å². The van der Waals surface area contributed by atoms with Gasteiger partial charge in [0.1, 0.15) is 5.75 Å². The molecule has 0 aliphatic carbocycles. The smallest absolute Gasteiger partial charge is 0.124 e. The quantitative estimate of drug-likeness (QED) is 0.908. The standard InChI is InChI=1S/C19H28N2O/c1-6-21(19(2,3)4)16(13-20)18-15-10-8-7-9-14(15)11-12-17(18)22-5/h7-12,16H,6,13,20H2,1-5H3. The average Bonchev–Trinajstić information content (AvgIpc) is 2.50. The van der Waals surface area contributed by atoms with E-state index >= 15 is 0 Å². The lowest BCUT2D eigenvalue weighted by molar-refractivity contribution is 0.0913. The molecule has 0 aliphatic heterocycles. The first-order valence-corrected chi connectivity index (χ1v) is 7.96. The first-order chi connectivity index (χ1) is 10.4. The molecule has 3 heteroatoms. The van der Waals surface area contributed by atoms with Crippen LogP contribution in [0.3, 0.4) is 0 Å². The molecule has 0 aromatic heterocycles. The molecule has 0 saturated carbocycles. The highest BCUT2D eigenvalue weighted by Gasteiger charge is 2.30. The van der Waals surface area contributed by atoms with E-state index in [0.717, 1.165) is 12.3 Å². The molecule has 0 amide bonds. The van der Waals surface area contributed by atoms with Crippen LogP contribution in [0.2, 0.25) is 0 Å². The van der Waals surface area contributed by atoms with E-state index in [9.17, 15) is 0 Å². The van der Waals surface area contributed by atoms with Gasteiger partial charge in [-0.15, -0.1) is 0 Å². The number of fused-ring (bicyclic) bond motifs is 1. The number of nitrogens with two attached hydrogens (primary N) is 1. The Morgan fingerprint density at radius 3 is 2.36 bits per heavy atom. The molecule has 2 aromatic carbocycles. The van der Waals surface area contributed by atoms with Gasteiger partial charge in [0.05, 0.1) is 13.2 Å². The molecule has 2 aromatic rings. The fraction of sp³-hybridized carbons (Fsp3) is 0.474. The van der Waals surface area contributed by atoms with Gasteiger partial charge in [0, 0.05) is 17.6 Å². The molecule has 0 bridgehead atoms. The third kappa shape index (κ3) is 3.11. The molecule has 3 nitrogen and oxygen atoms in total. The summed E-state index contributed by atoms with van der Waals surface area (Å²) in [5, 5.41) is 2.45. The minimum atomic E-state index is 0.0424. The highest BCUT2D eigenvalue weighted by molar-refractivity contribution is 5.88. The molecule has 0 fully saturated rings. The van der Waals surface area contributed by atoms with Crippen LogP contribution in [0.25, 0.3) is 10.8 Å². The molecule has 22 heavy (non-hydrogen) atoms. The largest absolute Gasteiger partial charge is 0.496 e. The van der Waals surface area contributed by atoms with Gasteiger partial charge in [0.15, 0.2) is 0 Å².